The van der Waals surface area contributed by atoms with Crippen molar-refractivity contribution in [1.29, 1.82) is 0 Å². The molecule has 0 heterocycles. The molecule has 2 amide bonds. The molecule has 132 valence electrons. The summed E-state index contributed by atoms with van der Waals surface area (Å²) in [7, 11) is 0. The van der Waals surface area contributed by atoms with Crippen LogP contribution in [0, 0.1) is 5.92 Å². The van der Waals surface area contributed by atoms with E-state index in [-0.39, 0.29) is 17.7 Å². The van der Waals surface area contributed by atoms with Crippen LogP contribution in [0.4, 0.5) is 5.69 Å². The minimum Gasteiger partial charge on any atom is -0.351 e. The van der Waals surface area contributed by atoms with Crippen LogP contribution in [0.25, 0.3) is 0 Å². The van der Waals surface area contributed by atoms with Gasteiger partial charge in [0.25, 0.3) is 0 Å². The minimum absolute atomic E-state index is 0.0204. The fraction of sp³-hybridized carbons (Fsp3) is 0.300. The SMILES string of the molecule is CC(C)C(=O)Nc1ccc(CNC(=O)[C@@H](N)Cc2ccccc2)cc1. The second-order valence-corrected chi connectivity index (χ2v) is 6.35. The van der Waals surface area contributed by atoms with Gasteiger partial charge in [-0.2, -0.15) is 0 Å². The zero-order valence-corrected chi connectivity index (χ0v) is 14.7. The minimum atomic E-state index is -0.577. The van der Waals surface area contributed by atoms with Crippen LogP contribution >= 0.6 is 0 Å². The highest BCUT2D eigenvalue weighted by Crippen LogP contribution is 2.11. The van der Waals surface area contributed by atoms with Crippen LogP contribution in [0.1, 0.15) is 25.0 Å². The number of nitrogens with one attached hydrogen (secondary N) is 2. The molecular formula is C20H25N3O2. The Morgan fingerprint density at radius 3 is 2.16 bits per heavy atom. The molecule has 0 aliphatic rings. The Bertz CT molecular complexity index is 697. The largest absolute Gasteiger partial charge is 0.351 e. The normalized spacial score (nSPS) is 11.8. The van der Waals surface area contributed by atoms with Crippen molar-refractivity contribution in [2.24, 2.45) is 11.7 Å². The maximum absolute atomic E-state index is 12.1. The third-order valence-corrected chi connectivity index (χ3v) is 3.85. The first-order chi connectivity index (χ1) is 12.0. The van der Waals surface area contributed by atoms with Crippen LogP contribution < -0.4 is 16.4 Å². The molecule has 4 N–H and O–H groups in total. The van der Waals surface area contributed by atoms with Gasteiger partial charge in [-0.3, -0.25) is 9.59 Å². The molecule has 5 nitrogen and oxygen atoms in total. The first kappa shape index (κ1) is 18.7. The first-order valence-corrected chi connectivity index (χ1v) is 8.42. The number of amides is 2. The van der Waals surface area contributed by atoms with Gasteiger partial charge in [-0.1, -0.05) is 56.3 Å². The van der Waals surface area contributed by atoms with Crippen molar-refractivity contribution in [3.63, 3.8) is 0 Å². The molecule has 25 heavy (non-hydrogen) atoms. The van der Waals surface area contributed by atoms with Crippen molar-refractivity contribution in [3.05, 3.63) is 65.7 Å². The zero-order chi connectivity index (χ0) is 18.2. The quantitative estimate of drug-likeness (QED) is 0.724. The lowest BCUT2D eigenvalue weighted by Gasteiger charge is -2.13. The maximum Gasteiger partial charge on any atom is 0.237 e. The highest BCUT2D eigenvalue weighted by molar-refractivity contribution is 5.92. The van der Waals surface area contributed by atoms with Crippen molar-refractivity contribution in [3.8, 4) is 0 Å². The van der Waals surface area contributed by atoms with Gasteiger partial charge in [0.05, 0.1) is 6.04 Å². The summed E-state index contributed by atoms with van der Waals surface area (Å²) in [4.78, 5) is 23.8. The highest BCUT2D eigenvalue weighted by Gasteiger charge is 2.13. The molecule has 0 aliphatic heterocycles. The smallest absolute Gasteiger partial charge is 0.237 e. The summed E-state index contributed by atoms with van der Waals surface area (Å²) in [6.07, 6.45) is 0.507. The molecule has 2 aromatic carbocycles. The molecule has 2 rings (SSSR count). The van der Waals surface area contributed by atoms with Crippen LogP contribution in [0.15, 0.2) is 54.6 Å². The van der Waals surface area contributed by atoms with Gasteiger partial charge >= 0.3 is 0 Å². The van der Waals surface area contributed by atoms with Gasteiger partial charge in [0.1, 0.15) is 0 Å². The van der Waals surface area contributed by atoms with Gasteiger partial charge in [-0.15, -0.1) is 0 Å². The van der Waals surface area contributed by atoms with E-state index in [9.17, 15) is 9.59 Å². The summed E-state index contributed by atoms with van der Waals surface area (Å²) in [5.41, 5.74) is 8.69. The molecule has 5 heteroatoms. The van der Waals surface area contributed by atoms with Crippen LogP contribution in [-0.4, -0.2) is 17.9 Å². The second kappa shape index (κ2) is 8.99. The average molecular weight is 339 g/mol. The summed E-state index contributed by atoms with van der Waals surface area (Å²) in [5, 5.41) is 5.68. The Kier molecular flexibility index (Phi) is 6.71. The Morgan fingerprint density at radius 1 is 0.920 bits per heavy atom. The lowest BCUT2D eigenvalue weighted by atomic mass is 10.1. The van der Waals surface area contributed by atoms with Crippen molar-refractivity contribution >= 4 is 17.5 Å². The van der Waals surface area contributed by atoms with Gasteiger partial charge in [0.2, 0.25) is 11.8 Å². The molecule has 0 radical (unpaired) electrons. The Hall–Kier alpha value is -2.66. The Morgan fingerprint density at radius 2 is 1.56 bits per heavy atom. The van der Waals surface area contributed by atoms with E-state index in [4.69, 9.17) is 5.73 Å². The molecule has 1 atom stereocenters. The summed E-state index contributed by atoms with van der Waals surface area (Å²) in [6, 6.07) is 16.5. The summed E-state index contributed by atoms with van der Waals surface area (Å²) in [5.74, 6) is -0.265. The topological polar surface area (TPSA) is 84.2 Å². The van der Waals surface area contributed by atoms with Crippen LogP contribution in [0.2, 0.25) is 0 Å². The Balaban J connectivity index is 1.82. The van der Waals surface area contributed by atoms with Crippen molar-refractivity contribution in [2.45, 2.75) is 32.9 Å². The molecule has 0 bridgehead atoms. The predicted molar refractivity (Wildman–Crippen MR) is 99.9 cm³/mol. The number of rotatable bonds is 7. The number of anilines is 1. The van der Waals surface area contributed by atoms with Gasteiger partial charge < -0.3 is 16.4 Å². The van der Waals surface area contributed by atoms with E-state index in [0.717, 1.165) is 16.8 Å². The summed E-state index contributed by atoms with van der Waals surface area (Å²) >= 11 is 0. The fourth-order valence-corrected chi connectivity index (χ4v) is 2.27. The van der Waals surface area contributed by atoms with Gasteiger partial charge in [0, 0.05) is 18.2 Å². The monoisotopic (exact) mass is 339 g/mol. The van der Waals surface area contributed by atoms with E-state index >= 15 is 0 Å². The number of carbonyl (C=O) groups is 2. The average Bonchev–Trinajstić information content (AvgIpc) is 2.61. The molecular weight excluding hydrogens is 314 g/mol. The molecule has 0 saturated carbocycles. The zero-order valence-electron chi connectivity index (χ0n) is 14.7. The standard InChI is InChI=1S/C20H25N3O2/c1-14(2)19(24)23-17-10-8-16(9-11-17)13-22-20(25)18(21)12-15-6-4-3-5-7-15/h3-11,14,18H,12-13,21H2,1-2H3,(H,22,25)(H,23,24)/t18-/m0/s1. The number of benzene rings is 2. The first-order valence-electron chi connectivity index (χ1n) is 8.42. The molecule has 0 fully saturated rings. The molecule has 0 aliphatic carbocycles. The number of hydrogen-bond donors (Lipinski definition) is 3. The lowest BCUT2D eigenvalue weighted by molar-refractivity contribution is -0.122. The van der Waals surface area contributed by atoms with Gasteiger partial charge in [-0.05, 0) is 29.7 Å². The summed E-state index contributed by atoms with van der Waals surface area (Å²) in [6.45, 7) is 4.09. The van der Waals surface area contributed by atoms with Gasteiger partial charge in [0.15, 0.2) is 0 Å². The third-order valence-electron chi connectivity index (χ3n) is 3.85. The molecule has 0 spiro atoms. The molecule has 0 unspecified atom stereocenters. The number of hydrogen-bond acceptors (Lipinski definition) is 3. The Labute approximate surface area is 148 Å². The van der Waals surface area contributed by atoms with E-state index in [2.05, 4.69) is 10.6 Å². The van der Waals surface area contributed by atoms with Crippen LogP contribution in [-0.2, 0) is 22.6 Å². The van der Waals surface area contributed by atoms with E-state index in [1.165, 1.54) is 0 Å². The molecule has 2 aromatic rings. The number of carbonyl (C=O) groups excluding carboxylic acids is 2. The highest BCUT2D eigenvalue weighted by atomic mass is 16.2. The fourth-order valence-electron chi connectivity index (χ4n) is 2.27. The molecule has 0 saturated heterocycles. The van der Waals surface area contributed by atoms with Crippen molar-refractivity contribution in [1.82, 2.24) is 5.32 Å². The van der Waals surface area contributed by atoms with Crippen LogP contribution in [0.5, 0.6) is 0 Å². The van der Waals surface area contributed by atoms with E-state index in [0.29, 0.717) is 13.0 Å². The van der Waals surface area contributed by atoms with Crippen molar-refractivity contribution < 1.29 is 9.59 Å². The third kappa shape index (κ3) is 6.04. The van der Waals surface area contributed by atoms with Gasteiger partial charge in [-0.25, -0.2) is 0 Å². The van der Waals surface area contributed by atoms with E-state index in [1.807, 2.05) is 68.4 Å². The van der Waals surface area contributed by atoms with E-state index in [1.54, 1.807) is 0 Å². The van der Waals surface area contributed by atoms with Crippen LogP contribution in [0.3, 0.4) is 0 Å². The van der Waals surface area contributed by atoms with E-state index < -0.39 is 6.04 Å². The van der Waals surface area contributed by atoms with Crippen molar-refractivity contribution in [2.75, 3.05) is 5.32 Å². The second-order valence-electron chi connectivity index (χ2n) is 6.35. The summed E-state index contributed by atoms with van der Waals surface area (Å²) < 4.78 is 0. The lowest BCUT2D eigenvalue weighted by Crippen LogP contribution is -2.41. The predicted octanol–water partition coefficient (Wildman–Crippen LogP) is 2.47. The number of nitrogens with two attached hydrogens (primary N) is 1. The maximum atomic E-state index is 12.1. The molecule has 0 aromatic heterocycles.